The highest BCUT2D eigenvalue weighted by Crippen LogP contribution is 2.38. The van der Waals surface area contributed by atoms with Gasteiger partial charge in [0.05, 0.1) is 22.8 Å². The molecule has 5 rings (SSSR count). The quantitative estimate of drug-likeness (QED) is 0.295. The summed E-state index contributed by atoms with van der Waals surface area (Å²) in [5.41, 5.74) is -3.22. The van der Waals surface area contributed by atoms with Crippen molar-refractivity contribution >= 4 is 39.8 Å². The van der Waals surface area contributed by atoms with E-state index in [9.17, 15) is 31.1 Å². The Balaban J connectivity index is 1.81. The van der Waals surface area contributed by atoms with Crippen molar-refractivity contribution in [3.8, 4) is 17.1 Å². The molecule has 0 bridgehead atoms. The summed E-state index contributed by atoms with van der Waals surface area (Å²) in [5.74, 6) is -1.51. The van der Waals surface area contributed by atoms with E-state index in [0.29, 0.717) is 0 Å². The van der Waals surface area contributed by atoms with Gasteiger partial charge in [0, 0.05) is 22.8 Å². The Hall–Kier alpha value is -4.53. The fourth-order valence-electron chi connectivity index (χ4n) is 3.53. The van der Waals surface area contributed by atoms with Crippen LogP contribution in [0.15, 0.2) is 59.8 Å². The van der Waals surface area contributed by atoms with Crippen LogP contribution in [0.25, 0.3) is 27.9 Å². The average molecular weight is 554 g/mol. The summed E-state index contributed by atoms with van der Waals surface area (Å²) in [6, 6.07) is 6.51. The molecule has 0 atom stereocenters. The van der Waals surface area contributed by atoms with Crippen molar-refractivity contribution in [1.82, 2.24) is 29.5 Å². The molecule has 0 aliphatic heterocycles. The Bertz CT molecular complexity index is 1760. The summed E-state index contributed by atoms with van der Waals surface area (Å²) in [6.45, 7) is 0. The number of nitrogens with one attached hydrogen (secondary N) is 1. The van der Waals surface area contributed by atoms with Gasteiger partial charge < -0.3 is 10.1 Å². The normalized spacial score (nSPS) is 12.2. The molecular weight excluding hydrogens is 544 g/mol. The van der Waals surface area contributed by atoms with E-state index in [1.54, 1.807) is 0 Å². The lowest BCUT2D eigenvalue weighted by atomic mass is 10.1. The number of para-hydroxylation sites is 1. The minimum absolute atomic E-state index is 0.0824. The third-order valence-electron chi connectivity index (χ3n) is 5.04. The Morgan fingerprint density at radius 2 is 1.79 bits per heavy atom. The molecule has 194 valence electrons. The van der Waals surface area contributed by atoms with Gasteiger partial charge >= 0.3 is 12.5 Å². The van der Waals surface area contributed by atoms with E-state index in [0.717, 1.165) is 41.2 Å². The number of alkyl halides is 6. The van der Waals surface area contributed by atoms with Crippen LogP contribution in [0.1, 0.15) is 5.56 Å². The zero-order valence-corrected chi connectivity index (χ0v) is 19.1. The number of hydrogen-bond acceptors (Lipinski definition) is 8. The van der Waals surface area contributed by atoms with Crippen LogP contribution in [-0.2, 0) is 6.18 Å². The standard InChI is InChI=1S/C22H10ClF6N7O2/c23-10-4-5-11(15(8-10)38-22(27,28)29)17-34-18-12-2-1-3-13(21(24,25)26)16(12)33-20(36(18)35-17)32-14-9-30-6-7-31-19(14)37/h1-9H,(H,31,32,33,37). The summed E-state index contributed by atoms with van der Waals surface area (Å²) in [4.78, 5) is 27.9. The van der Waals surface area contributed by atoms with E-state index in [-0.39, 0.29) is 33.1 Å². The number of benzene rings is 2. The molecule has 0 amide bonds. The van der Waals surface area contributed by atoms with Gasteiger partial charge in [0.2, 0.25) is 5.95 Å². The van der Waals surface area contributed by atoms with Crippen molar-refractivity contribution in [1.29, 1.82) is 0 Å². The fraction of sp³-hybridized carbons (Fsp3) is 0.0909. The first kappa shape index (κ1) is 25.1. The minimum Gasteiger partial charge on any atom is -0.405 e. The molecule has 5 aromatic rings. The smallest absolute Gasteiger partial charge is 0.405 e. The third-order valence-corrected chi connectivity index (χ3v) is 5.28. The van der Waals surface area contributed by atoms with E-state index in [4.69, 9.17) is 11.6 Å². The van der Waals surface area contributed by atoms with Crippen molar-refractivity contribution < 1.29 is 31.1 Å². The van der Waals surface area contributed by atoms with Gasteiger partial charge in [-0.3, -0.25) is 9.78 Å². The number of anilines is 2. The predicted molar refractivity (Wildman–Crippen MR) is 122 cm³/mol. The lowest BCUT2D eigenvalue weighted by Gasteiger charge is -2.12. The molecule has 0 spiro atoms. The van der Waals surface area contributed by atoms with Crippen molar-refractivity contribution in [2.45, 2.75) is 12.5 Å². The summed E-state index contributed by atoms with van der Waals surface area (Å²) < 4.78 is 85.5. The lowest BCUT2D eigenvalue weighted by molar-refractivity contribution is -0.274. The lowest BCUT2D eigenvalue weighted by Crippen LogP contribution is -2.17. The second-order valence-corrected chi connectivity index (χ2v) is 7.98. The van der Waals surface area contributed by atoms with E-state index >= 15 is 0 Å². The molecule has 0 saturated carbocycles. The molecule has 0 radical (unpaired) electrons. The van der Waals surface area contributed by atoms with Crippen LogP contribution in [0.2, 0.25) is 5.02 Å². The molecule has 16 heteroatoms. The van der Waals surface area contributed by atoms with Gasteiger partial charge in [-0.2, -0.15) is 17.7 Å². The van der Waals surface area contributed by atoms with Gasteiger partial charge in [-0.15, -0.1) is 18.3 Å². The summed E-state index contributed by atoms with van der Waals surface area (Å²) in [6.07, 6.45) is -6.53. The van der Waals surface area contributed by atoms with Gasteiger partial charge in [0.15, 0.2) is 11.5 Å². The van der Waals surface area contributed by atoms with Crippen molar-refractivity contribution in [3.05, 3.63) is 75.9 Å². The van der Waals surface area contributed by atoms with E-state index in [1.807, 2.05) is 0 Å². The van der Waals surface area contributed by atoms with E-state index in [1.165, 1.54) is 18.3 Å². The maximum atomic E-state index is 13.8. The van der Waals surface area contributed by atoms with Gasteiger partial charge in [0.25, 0.3) is 5.56 Å². The van der Waals surface area contributed by atoms with Crippen molar-refractivity contribution in [2.75, 3.05) is 5.32 Å². The molecular formula is C22H10ClF6N7O2. The zero-order chi connectivity index (χ0) is 27.2. The summed E-state index contributed by atoms with van der Waals surface area (Å²) in [5, 5.41) is 6.50. The second-order valence-electron chi connectivity index (χ2n) is 7.54. The van der Waals surface area contributed by atoms with Crippen molar-refractivity contribution in [2.24, 2.45) is 0 Å². The van der Waals surface area contributed by atoms with Gasteiger partial charge in [-0.25, -0.2) is 15.0 Å². The van der Waals surface area contributed by atoms with Crippen LogP contribution in [0, 0.1) is 0 Å². The maximum absolute atomic E-state index is 13.8. The molecule has 1 N–H and O–H groups in total. The SMILES string of the molecule is O=c1nccncc1Nc1nc2c(C(F)(F)F)cccc2c2nc(-c3ccc(Cl)cc3OC(F)(F)F)nn12. The van der Waals surface area contributed by atoms with Crippen LogP contribution >= 0.6 is 11.6 Å². The van der Waals surface area contributed by atoms with Crippen molar-refractivity contribution in [3.63, 3.8) is 0 Å². The van der Waals surface area contributed by atoms with E-state index < -0.39 is 40.9 Å². The maximum Gasteiger partial charge on any atom is 0.573 e. The predicted octanol–water partition coefficient (Wildman–Crippen LogP) is 5.41. The molecule has 3 aromatic heterocycles. The Morgan fingerprint density at radius 1 is 1.00 bits per heavy atom. The fourth-order valence-corrected chi connectivity index (χ4v) is 3.70. The topological polar surface area (TPSA) is 107 Å². The van der Waals surface area contributed by atoms with Gasteiger partial charge in [-0.1, -0.05) is 17.7 Å². The van der Waals surface area contributed by atoms with E-state index in [2.05, 4.69) is 35.1 Å². The molecule has 38 heavy (non-hydrogen) atoms. The first-order valence-electron chi connectivity index (χ1n) is 10.3. The molecule has 9 nitrogen and oxygen atoms in total. The number of nitrogens with zero attached hydrogens (tertiary/aromatic N) is 6. The zero-order valence-electron chi connectivity index (χ0n) is 18.3. The number of fused-ring (bicyclic) bond motifs is 3. The summed E-state index contributed by atoms with van der Waals surface area (Å²) in [7, 11) is 0. The highest BCUT2D eigenvalue weighted by atomic mass is 35.5. The van der Waals surface area contributed by atoms with Gasteiger partial charge in [-0.05, 0) is 30.3 Å². The molecule has 0 aliphatic rings. The second kappa shape index (κ2) is 9.09. The number of rotatable bonds is 4. The monoisotopic (exact) mass is 553 g/mol. The molecule has 0 unspecified atom stereocenters. The first-order valence-corrected chi connectivity index (χ1v) is 10.7. The average Bonchev–Trinajstić information content (AvgIpc) is 3.17. The molecule has 0 aliphatic carbocycles. The third kappa shape index (κ3) is 4.87. The number of hydrogen-bond donors (Lipinski definition) is 1. The number of ether oxygens (including phenoxy) is 1. The highest BCUT2D eigenvalue weighted by Gasteiger charge is 2.35. The molecule has 2 aromatic carbocycles. The molecule has 0 fully saturated rings. The molecule has 3 heterocycles. The van der Waals surface area contributed by atoms with Gasteiger partial charge in [0.1, 0.15) is 11.4 Å². The van der Waals surface area contributed by atoms with Crippen LogP contribution in [-0.4, -0.2) is 35.9 Å². The molecule has 0 saturated heterocycles. The Labute approximate surface area is 211 Å². The Morgan fingerprint density at radius 3 is 2.53 bits per heavy atom. The highest BCUT2D eigenvalue weighted by molar-refractivity contribution is 6.30. The minimum atomic E-state index is -5.09. The largest absolute Gasteiger partial charge is 0.573 e. The number of aromatic nitrogens is 6. The first-order chi connectivity index (χ1) is 17.9. The number of halogens is 7. The van der Waals surface area contributed by atoms with Crippen LogP contribution < -0.4 is 15.6 Å². The summed E-state index contributed by atoms with van der Waals surface area (Å²) >= 11 is 5.83. The van der Waals surface area contributed by atoms with Crippen LogP contribution in [0.5, 0.6) is 5.75 Å². The van der Waals surface area contributed by atoms with Crippen LogP contribution in [0.4, 0.5) is 38.0 Å². The Kier molecular flexibility index (Phi) is 6.01. The van der Waals surface area contributed by atoms with Crippen LogP contribution in [0.3, 0.4) is 0 Å².